The molecule has 0 atom stereocenters. The maximum Gasteiger partial charge on any atom is 0.175 e. The van der Waals surface area contributed by atoms with Gasteiger partial charge >= 0.3 is 0 Å². The van der Waals surface area contributed by atoms with Gasteiger partial charge in [-0.3, -0.25) is 4.79 Å². The topological polar surface area (TPSA) is 96.3 Å². The minimum absolute atomic E-state index is 0.0933. The number of hydrogen-bond donors (Lipinski definition) is 1. The van der Waals surface area contributed by atoms with Crippen LogP contribution < -0.4 is 10.1 Å². The Bertz CT molecular complexity index is 913. The molecule has 0 aliphatic carbocycles. The summed E-state index contributed by atoms with van der Waals surface area (Å²) in [6.45, 7) is 2.20. The number of Topliss-reactive ketones (excluding diaryl/α,β-unsaturated/α-hetero) is 1. The SMILES string of the molecule is CC(=O)c1ccc(C#N)cc1NCCOc1ccc(S(C)(=O)=O)cc1. The van der Waals surface area contributed by atoms with Crippen molar-refractivity contribution in [2.45, 2.75) is 11.8 Å². The van der Waals surface area contributed by atoms with E-state index in [0.29, 0.717) is 35.7 Å². The molecule has 2 rings (SSSR count). The summed E-state index contributed by atoms with van der Waals surface area (Å²) in [5.74, 6) is 0.455. The Hall–Kier alpha value is -2.85. The van der Waals surface area contributed by atoms with Crippen LogP contribution in [0.15, 0.2) is 47.4 Å². The number of sulfone groups is 1. The maximum absolute atomic E-state index is 11.6. The van der Waals surface area contributed by atoms with Gasteiger partial charge in [0.05, 0.1) is 16.5 Å². The molecular weight excluding hydrogens is 340 g/mol. The van der Waals surface area contributed by atoms with Crippen molar-refractivity contribution < 1.29 is 17.9 Å². The Balaban J connectivity index is 1.95. The summed E-state index contributed by atoms with van der Waals surface area (Å²) in [5.41, 5.74) is 1.56. The van der Waals surface area contributed by atoms with Crippen LogP contribution in [-0.4, -0.2) is 33.6 Å². The van der Waals surface area contributed by atoms with Gasteiger partial charge in [0.15, 0.2) is 15.6 Å². The second-order valence-corrected chi connectivity index (χ2v) is 7.46. The van der Waals surface area contributed by atoms with Gasteiger partial charge in [-0.2, -0.15) is 5.26 Å². The number of ketones is 1. The van der Waals surface area contributed by atoms with E-state index in [2.05, 4.69) is 5.32 Å². The van der Waals surface area contributed by atoms with Crippen LogP contribution in [0.3, 0.4) is 0 Å². The third-order valence-corrected chi connectivity index (χ3v) is 4.59. The highest BCUT2D eigenvalue weighted by atomic mass is 32.2. The lowest BCUT2D eigenvalue weighted by Crippen LogP contribution is -2.13. The Morgan fingerprint density at radius 3 is 2.44 bits per heavy atom. The van der Waals surface area contributed by atoms with Crippen LogP contribution in [-0.2, 0) is 9.84 Å². The lowest BCUT2D eigenvalue weighted by molar-refractivity contribution is 0.101. The molecule has 0 heterocycles. The zero-order chi connectivity index (χ0) is 18.4. The molecule has 0 radical (unpaired) electrons. The van der Waals surface area contributed by atoms with Crippen molar-refractivity contribution in [3.05, 3.63) is 53.6 Å². The zero-order valence-electron chi connectivity index (χ0n) is 13.9. The van der Waals surface area contributed by atoms with E-state index in [9.17, 15) is 13.2 Å². The molecule has 0 amide bonds. The van der Waals surface area contributed by atoms with Crippen LogP contribution in [0.5, 0.6) is 5.75 Å². The number of ether oxygens (including phenoxy) is 1. The fourth-order valence-corrected chi connectivity index (χ4v) is 2.84. The number of carbonyl (C=O) groups is 1. The van der Waals surface area contributed by atoms with Gasteiger partial charge in [-0.1, -0.05) is 0 Å². The minimum atomic E-state index is -3.23. The Kier molecular flexibility index (Phi) is 5.78. The van der Waals surface area contributed by atoms with Gasteiger partial charge in [0, 0.05) is 24.1 Å². The van der Waals surface area contributed by atoms with Crippen molar-refractivity contribution in [3.8, 4) is 11.8 Å². The number of carbonyl (C=O) groups excluding carboxylic acids is 1. The van der Waals surface area contributed by atoms with Crippen LogP contribution in [0.25, 0.3) is 0 Å². The highest BCUT2D eigenvalue weighted by Gasteiger charge is 2.09. The second-order valence-electron chi connectivity index (χ2n) is 5.45. The standard InChI is InChI=1S/C18H18N2O4S/c1-13(21)17-8-3-14(12-19)11-18(17)20-9-10-24-15-4-6-16(7-5-15)25(2,22)23/h3-8,11,20H,9-10H2,1-2H3. The van der Waals surface area contributed by atoms with E-state index < -0.39 is 9.84 Å². The largest absolute Gasteiger partial charge is 0.492 e. The van der Waals surface area contributed by atoms with Crippen LogP contribution in [0, 0.1) is 11.3 Å². The van der Waals surface area contributed by atoms with Crippen LogP contribution in [0.4, 0.5) is 5.69 Å². The van der Waals surface area contributed by atoms with Gasteiger partial charge < -0.3 is 10.1 Å². The monoisotopic (exact) mass is 358 g/mol. The van der Waals surface area contributed by atoms with Crippen molar-refractivity contribution >= 4 is 21.3 Å². The molecule has 0 spiro atoms. The fourth-order valence-electron chi connectivity index (χ4n) is 2.20. The number of rotatable bonds is 7. The lowest BCUT2D eigenvalue weighted by atomic mass is 10.1. The molecule has 0 aromatic heterocycles. The van der Waals surface area contributed by atoms with Crippen LogP contribution in [0.1, 0.15) is 22.8 Å². The van der Waals surface area contributed by atoms with E-state index in [1.807, 2.05) is 6.07 Å². The van der Waals surface area contributed by atoms with Crippen molar-refractivity contribution in [2.24, 2.45) is 0 Å². The van der Waals surface area contributed by atoms with Crippen molar-refractivity contribution in [1.82, 2.24) is 0 Å². The van der Waals surface area contributed by atoms with E-state index in [0.717, 1.165) is 6.26 Å². The summed E-state index contributed by atoms with van der Waals surface area (Å²) in [7, 11) is -3.23. The molecular formula is C18H18N2O4S. The van der Waals surface area contributed by atoms with Gasteiger partial charge in [0.2, 0.25) is 0 Å². The third kappa shape index (κ3) is 5.06. The van der Waals surface area contributed by atoms with E-state index >= 15 is 0 Å². The van der Waals surface area contributed by atoms with E-state index in [-0.39, 0.29) is 10.7 Å². The molecule has 1 N–H and O–H groups in total. The Labute approximate surface area is 147 Å². The van der Waals surface area contributed by atoms with Gasteiger partial charge in [-0.15, -0.1) is 0 Å². The summed E-state index contributed by atoms with van der Waals surface area (Å²) in [5, 5.41) is 12.0. The third-order valence-electron chi connectivity index (χ3n) is 3.47. The van der Waals surface area contributed by atoms with Crippen LogP contribution >= 0.6 is 0 Å². The molecule has 0 aliphatic heterocycles. The zero-order valence-corrected chi connectivity index (χ0v) is 14.8. The molecule has 0 fully saturated rings. The minimum Gasteiger partial charge on any atom is -0.492 e. The van der Waals surface area contributed by atoms with Gasteiger partial charge in [-0.05, 0) is 49.4 Å². The summed E-state index contributed by atoms with van der Waals surface area (Å²) in [6.07, 6.45) is 1.15. The molecule has 0 unspecified atom stereocenters. The molecule has 130 valence electrons. The molecule has 0 aliphatic rings. The quantitative estimate of drug-likeness (QED) is 0.604. The van der Waals surface area contributed by atoms with E-state index in [1.165, 1.54) is 19.1 Å². The van der Waals surface area contributed by atoms with Crippen LogP contribution in [0.2, 0.25) is 0 Å². The summed E-state index contributed by atoms with van der Waals surface area (Å²) < 4.78 is 28.3. The smallest absolute Gasteiger partial charge is 0.175 e. The molecule has 2 aromatic carbocycles. The molecule has 0 saturated carbocycles. The molecule has 0 saturated heterocycles. The summed E-state index contributed by atoms with van der Waals surface area (Å²) >= 11 is 0. The lowest BCUT2D eigenvalue weighted by Gasteiger charge is -2.12. The molecule has 2 aromatic rings. The highest BCUT2D eigenvalue weighted by Crippen LogP contribution is 2.19. The maximum atomic E-state index is 11.6. The summed E-state index contributed by atoms with van der Waals surface area (Å²) in [4.78, 5) is 11.9. The van der Waals surface area contributed by atoms with E-state index in [1.54, 1.807) is 30.3 Å². The van der Waals surface area contributed by atoms with Crippen molar-refractivity contribution in [3.63, 3.8) is 0 Å². The highest BCUT2D eigenvalue weighted by molar-refractivity contribution is 7.90. The van der Waals surface area contributed by atoms with Gasteiger partial charge in [0.25, 0.3) is 0 Å². The molecule has 6 nitrogen and oxygen atoms in total. The Morgan fingerprint density at radius 2 is 1.88 bits per heavy atom. The Morgan fingerprint density at radius 1 is 1.20 bits per heavy atom. The molecule has 25 heavy (non-hydrogen) atoms. The first-order chi connectivity index (χ1) is 11.8. The van der Waals surface area contributed by atoms with E-state index in [4.69, 9.17) is 10.00 Å². The number of hydrogen-bond acceptors (Lipinski definition) is 6. The number of nitrogens with zero attached hydrogens (tertiary/aromatic N) is 1. The molecule has 0 bridgehead atoms. The predicted molar refractivity (Wildman–Crippen MR) is 94.7 cm³/mol. The second kappa shape index (κ2) is 7.81. The first-order valence-electron chi connectivity index (χ1n) is 7.53. The number of anilines is 1. The van der Waals surface area contributed by atoms with Crippen molar-refractivity contribution in [2.75, 3.05) is 24.7 Å². The summed E-state index contributed by atoms with van der Waals surface area (Å²) in [6, 6.07) is 13.0. The van der Waals surface area contributed by atoms with Crippen molar-refractivity contribution in [1.29, 1.82) is 5.26 Å². The first-order valence-corrected chi connectivity index (χ1v) is 9.42. The van der Waals surface area contributed by atoms with Gasteiger partial charge in [-0.25, -0.2) is 8.42 Å². The first kappa shape index (κ1) is 18.5. The number of nitriles is 1. The van der Waals surface area contributed by atoms with Gasteiger partial charge in [0.1, 0.15) is 12.4 Å². The average Bonchev–Trinajstić information content (AvgIpc) is 2.58. The predicted octanol–water partition coefficient (Wildman–Crippen LogP) is 2.66. The fraction of sp³-hybridized carbons (Fsp3) is 0.222. The average molecular weight is 358 g/mol. The number of benzene rings is 2. The molecule has 7 heteroatoms. The normalized spacial score (nSPS) is 10.8. The number of nitrogens with one attached hydrogen (secondary N) is 1.